The molecular formula is C16H21N3O4S. The number of aliphatic carboxylic acids is 1. The van der Waals surface area contributed by atoms with Crippen molar-refractivity contribution in [3.05, 3.63) is 41.9 Å². The van der Waals surface area contributed by atoms with E-state index in [1.807, 2.05) is 13.8 Å². The van der Waals surface area contributed by atoms with Crippen LogP contribution < -0.4 is 4.31 Å². The van der Waals surface area contributed by atoms with Gasteiger partial charge in [-0.15, -0.1) is 0 Å². The molecule has 0 spiro atoms. The molecule has 8 heteroatoms. The SMILES string of the molecule is CC(C)c1ncc(S(=O)(=O)N(C)c2cccc(CCC(=O)O)c2)[nH]1. The average Bonchev–Trinajstić information content (AvgIpc) is 3.03. The van der Waals surface area contributed by atoms with E-state index >= 15 is 0 Å². The van der Waals surface area contributed by atoms with Crippen molar-refractivity contribution in [1.82, 2.24) is 9.97 Å². The molecule has 0 unspecified atom stereocenters. The van der Waals surface area contributed by atoms with Crippen LogP contribution in [0, 0.1) is 0 Å². The molecule has 0 bridgehead atoms. The molecule has 0 radical (unpaired) electrons. The van der Waals surface area contributed by atoms with E-state index in [0.717, 1.165) is 9.87 Å². The fraction of sp³-hybridized carbons (Fsp3) is 0.375. The van der Waals surface area contributed by atoms with Crippen molar-refractivity contribution < 1.29 is 18.3 Å². The molecular weight excluding hydrogens is 330 g/mol. The number of carboxylic acids is 1. The Kier molecular flexibility index (Phi) is 5.28. The van der Waals surface area contributed by atoms with Gasteiger partial charge in [0.05, 0.1) is 11.9 Å². The van der Waals surface area contributed by atoms with E-state index in [-0.39, 0.29) is 17.4 Å². The summed E-state index contributed by atoms with van der Waals surface area (Å²) in [4.78, 5) is 17.6. The van der Waals surface area contributed by atoms with Gasteiger partial charge in [-0.05, 0) is 24.1 Å². The third-order valence-electron chi connectivity index (χ3n) is 3.66. The van der Waals surface area contributed by atoms with Gasteiger partial charge in [-0.25, -0.2) is 4.98 Å². The first-order valence-corrected chi connectivity index (χ1v) is 9.00. The van der Waals surface area contributed by atoms with Crippen molar-refractivity contribution in [2.45, 2.75) is 37.6 Å². The lowest BCUT2D eigenvalue weighted by atomic mass is 10.1. The fourth-order valence-electron chi connectivity index (χ4n) is 2.19. The van der Waals surface area contributed by atoms with Gasteiger partial charge in [-0.3, -0.25) is 9.10 Å². The maximum atomic E-state index is 12.7. The van der Waals surface area contributed by atoms with Crippen molar-refractivity contribution in [2.75, 3.05) is 11.4 Å². The van der Waals surface area contributed by atoms with Crippen LogP contribution in [0.2, 0.25) is 0 Å². The Morgan fingerprint density at radius 1 is 1.38 bits per heavy atom. The second kappa shape index (κ2) is 7.04. The molecule has 1 aromatic carbocycles. The Balaban J connectivity index is 2.27. The van der Waals surface area contributed by atoms with E-state index in [0.29, 0.717) is 17.9 Å². The number of aromatic nitrogens is 2. The number of anilines is 1. The highest BCUT2D eigenvalue weighted by Crippen LogP contribution is 2.23. The number of carboxylic acid groups (broad SMARTS) is 1. The molecule has 0 fully saturated rings. The molecule has 0 aliphatic carbocycles. The van der Waals surface area contributed by atoms with Gasteiger partial charge >= 0.3 is 5.97 Å². The minimum Gasteiger partial charge on any atom is -0.481 e. The summed E-state index contributed by atoms with van der Waals surface area (Å²) >= 11 is 0. The molecule has 130 valence electrons. The van der Waals surface area contributed by atoms with Crippen molar-refractivity contribution in [3.63, 3.8) is 0 Å². The van der Waals surface area contributed by atoms with Crippen molar-refractivity contribution in [2.24, 2.45) is 0 Å². The first-order valence-electron chi connectivity index (χ1n) is 7.56. The van der Waals surface area contributed by atoms with E-state index in [1.54, 1.807) is 24.3 Å². The van der Waals surface area contributed by atoms with Crippen molar-refractivity contribution >= 4 is 21.7 Å². The van der Waals surface area contributed by atoms with E-state index in [4.69, 9.17) is 5.11 Å². The fourth-order valence-corrected chi connectivity index (χ4v) is 3.29. The Bertz CT molecular complexity index is 827. The first-order chi connectivity index (χ1) is 11.2. The number of sulfonamides is 1. The summed E-state index contributed by atoms with van der Waals surface area (Å²) in [6.45, 7) is 3.84. The van der Waals surface area contributed by atoms with Gasteiger partial charge in [0, 0.05) is 19.4 Å². The summed E-state index contributed by atoms with van der Waals surface area (Å²) < 4.78 is 26.6. The zero-order valence-electron chi connectivity index (χ0n) is 13.9. The number of hydrogen-bond donors (Lipinski definition) is 2. The lowest BCUT2D eigenvalue weighted by molar-refractivity contribution is -0.136. The molecule has 1 heterocycles. The summed E-state index contributed by atoms with van der Waals surface area (Å²) in [5.74, 6) is -0.184. The van der Waals surface area contributed by atoms with Crippen LogP contribution in [0.25, 0.3) is 0 Å². The predicted molar refractivity (Wildman–Crippen MR) is 90.7 cm³/mol. The van der Waals surface area contributed by atoms with Gasteiger partial charge in [0.2, 0.25) is 0 Å². The van der Waals surface area contributed by atoms with Gasteiger partial charge in [0.25, 0.3) is 10.0 Å². The van der Waals surface area contributed by atoms with Crippen LogP contribution in [-0.4, -0.2) is 36.5 Å². The van der Waals surface area contributed by atoms with Gasteiger partial charge in [-0.2, -0.15) is 8.42 Å². The second-order valence-corrected chi connectivity index (χ2v) is 7.76. The lowest BCUT2D eigenvalue weighted by Crippen LogP contribution is -2.27. The van der Waals surface area contributed by atoms with Crippen LogP contribution >= 0.6 is 0 Å². The molecule has 2 rings (SSSR count). The average molecular weight is 351 g/mol. The molecule has 7 nitrogen and oxygen atoms in total. The second-order valence-electron chi connectivity index (χ2n) is 5.82. The maximum Gasteiger partial charge on any atom is 0.303 e. The first kappa shape index (κ1) is 18.0. The molecule has 2 N–H and O–H groups in total. The molecule has 0 saturated heterocycles. The number of aryl methyl sites for hydroxylation is 1. The molecule has 0 saturated carbocycles. The zero-order chi connectivity index (χ0) is 17.9. The number of imidazole rings is 1. The number of hydrogen-bond acceptors (Lipinski definition) is 4. The number of carbonyl (C=O) groups is 1. The normalized spacial score (nSPS) is 11.7. The largest absolute Gasteiger partial charge is 0.481 e. The Hall–Kier alpha value is -2.35. The minimum atomic E-state index is -3.75. The van der Waals surface area contributed by atoms with Crippen LogP contribution in [-0.2, 0) is 21.2 Å². The maximum absolute atomic E-state index is 12.7. The monoisotopic (exact) mass is 351 g/mol. The van der Waals surface area contributed by atoms with Gasteiger partial charge in [-0.1, -0.05) is 26.0 Å². The Labute approximate surface area is 141 Å². The highest BCUT2D eigenvalue weighted by Gasteiger charge is 2.24. The van der Waals surface area contributed by atoms with Gasteiger partial charge < -0.3 is 10.1 Å². The number of nitrogens with one attached hydrogen (secondary N) is 1. The Morgan fingerprint density at radius 3 is 2.67 bits per heavy atom. The van der Waals surface area contributed by atoms with Crippen LogP contribution in [0.15, 0.2) is 35.5 Å². The number of rotatable bonds is 7. The number of aromatic amines is 1. The summed E-state index contributed by atoms with van der Waals surface area (Å²) in [5.41, 5.74) is 1.24. The molecule has 0 aliphatic heterocycles. The molecule has 0 atom stereocenters. The van der Waals surface area contributed by atoms with Crippen molar-refractivity contribution in [3.8, 4) is 0 Å². The number of nitrogens with zero attached hydrogens (tertiary/aromatic N) is 2. The molecule has 0 aliphatic rings. The Morgan fingerprint density at radius 2 is 2.08 bits per heavy atom. The van der Waals surface area contributed by atoms with Crippen LogP contribution in [0.4, 0.5) is 5.69 Å². The van der Waals surface area contributed by atoms with E-state index < -0.39 is 16.0 Å². The summed E-state index contributed by atoms with van der Waals surface area (Å²) in [6.07, 6.45) is 1.66. The number of benzene rings is 1. The third kappa shape index (κ3) is 3.94. The van der Waals surface area contributed by atoms with E-state index in [1.165, 1.54) is 13.2 Å². The topological polar surface area (TPSA) is 103 Å². The molecule has 0 amide bonds. The minimum absolute atomic E-state index is 0.00177. The van der Waals surface area contributed by atoms with Crippen LogP contribution in [0.5, 0.6) is 0 Å². The van der Waals surface area contributed by atoms with Crippen LogP contribution in [0.3, 0.4) is 0 Å². The number of H-pyrrole nitrogens is 1. The molecule has 2 aromatic rings. The smallest absolute Gasteiger partial charge is 0.303 e. The molecule has 1 aromatic heterocycles. The molecule has 24 heavy (non-hydrogen) atoms. The van der Waals surface area contributed by atoms with E-state index in [2.05, 4.69) is 9.97 Å². The summed E-state index contributed by atoms with van der Waals surface area (Å²) in [7, 11) is -2.29. The van der Waals surface area contributed by atoms with Crippen molar-refractivity contribution in [1.29, 1.82) is 0 Å². The van der Waals surface area contributed by atoms with Gasteiger partial charge in [0.1, 0.15) is 5.82 Å². The zero-order valence-corrected chi connectivity index (χ0v) is 14.7. The van der Waals surface area contributed by atoms with E-state index in [9.17, 15) is 13.2 Å². The third-order valence-corrected chi connectivity index (χ3v) is 5.35. The van der Waals surface area contributed by atoms with Gasteiger partial charge in [0.15, 0.2) is 5.03 Å². The standard InChI is InChI=1S/C16H21N3O4S/c1-11(2)16-17-10-14(18-16)24(22,23)19(3)13-6-4-5-12(9-13)7-8-15(20)21/h4-6,9-11H,7-8H2,1-3H3,(H,17,18)(H,20,21). The van der Waals surface area contributed by atoms with Crippen LogP contribution in [0.1, 0.15) is 37.6 Å². The highest BCUT2D eigenvalue weighted by atomic mass is 32.2. The highest BCUT2D eigenvalue weighted by molar-refractivity contribution is 7.92. The quantitative estimate of drug-likeness (QED) is 0.797. The summed E-state index contributed by atoms with van der Waals surface area (Å²) in [6, 6.07) is 6.84. The lowest BCUT2D eigenvalue weighted by Gasteiger charge is -2.19. The summed E-state index contributed by atoms with van der Waals surface area (Å²) in [5, 5.41) is 8.79. The predicted octanol–water partition coefficient (Wildman–Crippen LogP) is 2.38.